The van der Waals surface area contributed by atoms with Crippen LogP contribution in [0.25, 0.3) is 0 Å². The fraction of sp³-hybridized carbons (Fsp3) is 1.00. The molecule has 0 saturated carbocycles. The first kappa shape index (κ1) is 13.1. The molecule has 0 aliphatic rings. The molecule has 0 atom stereocenters. The molecule has 0 amide bonds. The summed E-state index contributed by atoms with van der Waals surface area (Å²) in [5, 5.41) is 0. The second-order valence-electron chi connectivity index (χ2n) is 3.10. The van der Waals surface area contributed by atoms with Crippen molar-refractivity contribution in [3.8, 4) is 0 Å². The second kappa shape index (κ2) is 7.46. The van der Waals surface area contributed by atoms with Gasteiger partial charge in [-0.15, -0.1) is 0 Å². The minimum Gasteiger partial charge on any atom is -0.398 e. The van der Waals surface area contributed by atoms with Gasteiger partial charge in [0.15, 0.2) is 0 Å². The Balaban J connectivity index is 3.39. The fourth-order valence-electron chi connectivity index (χ4n) is 0.999. The highest BCUT2D eigenvalue weighted by atomic mass is 28.4. The van der Waals surface area contributed by atoms with Gasteiger partial charge in [-0.3, -0.25) is 10.9 Å². The molecule has 0 bridgehead atoms. The van der Waals surface area contributed by atoms with Crippen molar-refractivity contribution in [3.63, 3.8) is 0 Å². The third-order valence-corrected chi connectivity index (χ3v) is 5.09. The van der Waals surface area contributed by atoms with Gasteiger partial charge >= 0.3 is 8.56 Å². The number of hydrogen-bond donors (Lipinski definition) is 2. The normalized spacial score (nSPS) is 12.0. The van der Waals surface area contributed by atoms with Crippen molar-refractivity contribution in [2.45, 2.75) is 25.9 Å². The molecule has 0 fully saturated rings. The summed E-state index contributed by atoms with van der Waals surface area (Å²) in [5.41, 5.74) is 6.17. The summed E-state index contributed by atoms with van der Waals surface area (Å²) < 4.78 is 10.7. The highest BCUT2D eigenvalue weighted by Gasteiger charge is 2.27. The third-order valence-electron chi connectivity index (χ3n) is 2.10. The quantitative estimate of drug-likeness (QED) is 0.351. The standard InChI is InChI=1S/C8H22N2O2Si/c1-5-9-10-7-6-8-13(4,11-2)12-3/h9-10H,5-8H2,1-4H3. The summed E-state index contributed by atoms with van der Waals surface area (Å²) in [6.45, 7) is 6.06. The van der Waals surface area contributed by atoms with Crippen LogP contribution in [0.2, 0.25) is 12.6 Å². The smallest absolute Gasteiger partial charge is 0.334 e. The Labute approximate surface area is 82.2 Å². The summed E-state index contributed by atoms with van der Waals surface area (Å²) in [7, 11) is 1.63. The molecule has 2 N–H and O–H groups in total. The summed E-state index contributed by atoms with van der Waals surface area (Å²) in [4.78, 5) is 0. The van der Waals surface area contributed by atoms with Crippen LogP contribution in [0.4, 0.5) is 0 Å². The minimum atomic E-state index is -1.83. The lowest BCUT2D eigenvalue weighted by molar-refractivity contribution is 0.248. The van der Waals surface area contributed by atoms with Gasteiger partial charge in [-0.2, -0.15) is 0 Å². The van der Waals surface area contributed by atoms with E-state index >= 15 is 0 Å². The molecule has 0 rings (SSSR count). The average Bonchev–Trinajstić information content (AvgIpc) is 2.17. The van der Waals surface area contributed by atoms with E-state index in [1.807, 2.05) is 0 Å². The SMILES string of the molecule is CCNNCCC[Si](C)(OC)OC. The number of hydrazine groups is 1. The van der Waals surface area contributed by atoms with Gasteiger partial charge in [-0.1, -0.05) is 6.92 Å². The molecule has 0 spiro atoms. The number of rotatable bonds is 8. The molecule has 0 aliphatic heterocycles. The van der Waals surface area contributed by atoms with Gasteiger partial charge in [0.05, 0.1) is 0 Å². The highest BCUT2D eigenvalue weighted by Crippen LogP contribution is 2.12. The molecule has 13 heavy (non-hydrogen) atoms. The van der Waals surface area contributed by atoms with Crippen LogP contribution in [0.1, 0.15) is 13.3 Å². The van der Waals surface area contributed by atoms with E-state index in [4.69, 9.17) is 8.85 Å². The Morgan fingerprint density at radius 1 is 1.15 bits per heavy atom. The van der Waals surface area contributed by atoms with E-state index in [0.29, 0.717) is 0 Å². The average molecular weight is 206 g/mol. The summed E-state index contributed by atoms with van der Waals surface area (Å²) >= 11 is 0. The van der Waals surface area contributed by atoms with E-state index in [9.17, 15) is 0 Å². The maximum Gasteiger partial charge on any atom is 0.334 e. The maximum atomic E-state index is 5.36. The molecular weight excluding hydrogens is 184 g/mol. The van der Waals surface area contributed by atoms with E-state index < -0.39 is 8.56 Å². The van der Waals surface area contributed by atoms with Crippen LogP contribution in [0.15, 0.2) is 0 Å². The van der Waals surface area contributed by atoms with Gasteiger partial charge in [0, 0.05) is 27.3 Å². The first-order valence-electron chi connectivity index (χ1n) is 4.74. The van der Waals surface area contributed by atoms with Gasteiger partial charge in [0.1, 0.15) is 0 Å². The Hall–Kier alpha value is 0.0569. The third kappa shape index (κ3) is 6.17. The topological polar surface area (TPSA) is 42.5 Å². The molecule has 0 radical (unpaired) electrons. The van der Waals surface area contributed by atoms with Crippen molar-refractivity contribution in [3.05, 3.63) is 0 Å². The Bertz CT molecular complexity index is 121. The molecule has 0 aromatic rings. The maximum absolute atomic E-state index is 5.36. The van der Waals surface area contributed by atoms with Gasteiger partial charge < -0.3 is 8.85 Å². The molecule has 0 aliphatic carbocycles. The zero-order valence-corrected chi connectivity index (χ0v) is 10.1. The molecule has 0 aromatic carbocycles. The van der Waals surface area contributed by atoms with Gasteiger partial charge in [0.25, 0.3) is 0 Å². The van der Waals surface area contributed by atoms with E-state index in [-0.39, 0.29) is 0 Å². The zero-order chi connectivity index (χ0) is 10.2. The highest BCUT2D eigenvalue weighted by molar-refractivity contribution is 6.65. The largest absolute Gasteiger partial charge is 0.398 e. The van der Waals surface area contributed by atoms with Gasteiger partial charge in [0.2, 0.25) is 0 Å². The number of hydrogen-bond acceptors (Lipinski definition) is 4. The lowest BCUT2D eigenvalue weighted by atomic mass is 10.5. The lowest BCUT2D eigenvalue weighted by Gasteiger charge is -2.22. The van der Waals surface area contributed by atoms with Gasteiger partial charge in [-0.25, -0.2) is 0 Å². The van der Waals surface area contributed by atoms with Crippen LogP contribution in [-0.4, -0.2) is 35.9 Å². The molecule has 0 unspecified atom stereocenters. The van der Waals surface area contributed by atoms with E-state index in [1.54, 1.807) is 14.2 Å². The molecular formula is C8H22N2O2Si. The summed E-state index contributed by atoms with van der Waals surface area (Å²) in [6.07, 6.45) is 1.08. The first-order valence-corrected chi connectivity index (χ1v) is 7.27. The van der Waals surface area contributed by atoms with Crippen LogP contribution >= 0.6 is 0 Å². The Kier molecular flexibility index (Phi) is 7.49. The molecule has 0 aromatic heterocycles. The predicted molar refractivity (Wildman–Crippen MR) is 56.7 cm³/mol. The monoisotopic (exact) mass is 206 g/mol. The molecule has 80 valence electrons. The van der Waals surface area contributed by atoms with Crippen molar-refractivity contribution in [2.24, 2.45) is 0 Å². The van der Waals surface area contributed by atoms with Crippen LogP contribution in [-0.2, 0) is 8.85 Å². The van der Waals surface area contributed by atoms with Crippen molar-refractivity contribution in [1.29, 1.82) is 0 Å². The molecule has 0 saturated heterocycles. The first-order chi connectivity index (χ1) is 6.18. The van der Waals surface area contributed by atoms with Crippen molar-refractivity contribution >= 4 is 8.56 Å². The van der Waals surface area contributed by atoms with Crippen LogP contribution in [0.3, 0.4) is 0 Å². The molecule has 4 nitrogen and oxygen atoms in total. The minimum absolute atomic E-state index is 0.948. The second-order valence-corrected chi connectivity index (χ2v) is 6.69. The Morgan fingerprint density at radius 3 is 2.23 bits per heavy atom. The van der Waals surface area contributed by atoms with Crippen molar-refractivity contribution in [2.75, 3.05) is 27.3 Å². The van der Waals surface area contributed by atoms with E-state index in [0.717, 1.165) is 25.6 Å². The van der Waals surface area contributed by atoms with Crippen LogP contribution < -0.4 is 10.9 Å². The summed E-state index contributed by atoms with van der Waals surface area (Å²) in [6, 6.07) is 1.03. The van der Waals surface area contributed by atoms with Crippen molar-refractivity contribution < 1.29 is 8.85 Å². The molecule has 5 heteroatoms. The summed E-state index contributed by atoms with van der Waals surface area (Å²) in [5.74, 6) is 0. The fourth-order valence-corrected chi connectivity index (χ4v) is 2.39. The number of nitrogens with one attached hydrogen (secondary N) is 2. The van der Waals surface area contributed by atoms with Crippen LogP contribution in [0, 0.1) is 0 Å². The van der Waals surface area contributed by atoms with E-state index in [2.05, 4.69) is 24.3 Å². The predicted octanol–water partition coefficient (Wildman–Crippen LogP) is 0.855. The van der Waals surface area contributed by atoms with Gasteiger partial charge in [-0.05, 0) is 19.0 Å². The lowest BCUT2D eigenvalue weighted by Crippen LogP contribution is -2.38. The van der Waals surface area contributed by atoms with Crippen LogP contribution in [0.5, 0.6) is 0 Å². The van der Waals surface area contributed by atoms with Crippen molar-refractivity contribution in [1.82, 2.24) is 10.9 Å². The van der Waals surface area contributed by atoms with E-state index in [1.165, 1.54) is 0 Å². The molecule has 0 heterocycles. The Morgan fingerprint density at radius 2 is 1.77 bits per heavy atom. The zero-order valence-electron chi connectivity index (χ0n) is 9.14.